The first-order chi connectivity index (χ1) is 24.3. The first-order valence-corrected chi connectivity index (χ1v) is 19.3. The van der Waals surface area contributed by atoms with E-state index in [0.717, 1.165) is 25.3 Å². The topological polar surface area (TPSA) is 228 Å². The van der Waals surface area contributed by atoms with Crippen LogP contribution in [0, 0.1) is 0 Å². The predicted molar refractivity (Wildman–Crippen MR) is 217 cm³/mol. The maximum Gasteiger partial charge on any atom is 0.407 e. The Morgan fingerprint density at radius 1 is 0.593 bits per heavy atom. The Balaban J connectivity index is 0.000000791. The summed E-state index contributed by atoms with van der Waals surface area (Å²) in [7, 11) is -1.11. The third-order valence-corrected chi connectivity index (χ3v) is 9.16. The number of anilines is 3. The molecule has 19 heteroatoms. The number of nitrogens with two attached hydrogens (primary N) is 2. The van der Waals surface area contributed by atoms with Gasteiger partial charge in [-0.1, -0.05) is 36.4 Å². The monoisotopic (exact) mass is 816 g/mol. The predicted octanol–water partition coefficient (Wildman–Crippen LogP) is 5.01. The number of benzene rings is 3. The molecule has 0 aliphatic heterocycles. The number of hydrogen-bond acceptors (Lipinski definition) is 10. The van der Waals surface area contributed by atoms with Gasteiger partial charge >= 0.3 is 32.6 Å². The van der Waals surface area contributed by atoms with Crippen LogP contribution in [0.5, 0.6) is 0 Å². The van der Waals surface area contributed by atoms with Crippen LogP contribution in [0.1, 0.15) is 58.2 Å². The van der Waals surface area contributed by atoms with Crippen LogP contribution in [0.25, 0.3) is 0 Å². The Bertz CT molecular complexity index is 1800. The Morgan fingerprint density at radius 3 is 1.17 bits per heavy atom. The Labute approximate surface area is 327 Å². The zero-order valence-corrected chi connectivity index (χ0v) is 35.0. The second-order valence-corrected chi connectivity index (χ2v) is 17.6. The molecular formula is C35H57ClN8O8S2. The van der Waals surface area contributed by atoms with Crippen molar-refractivity contribution in [3.8, 4) is 0 Å². The number of hydrogen-bond donors (Lipinski definition) is 6. The first-order valence-electron chi connectivity index (χ1n) is 16.4. The van der Waals surface area contributed by atoms with Crippen molar-refractivity contribution in [2.45, 2.75) is 72.4 Å². The fourth-order valence-corrected chi connectivity index (χ4v) is 4.73. The number of carbonyl (C=O) groups excluding carboxylic acids is 2. The van der Waals surface area contributed by atoms with Crippen LogP contribution in [0.3, 0.4) is 0 Å². The molecule has 16 nitrogen and oxygen atoms in total. The highest BCUT2D eigenvalue weighted by molar-refractivity contribution is 7.90. The minimum absolute atomic E-state index is 0. The van der Waals surface area contributed by atoms with E-state index in [1.54, 1.807) is 81.4 Å². The number of nitrogens with one attached hydrogen (secondary N) is 4. The first kappa shape index (κ1) is 49.7. The average molecular weight is 817 g/mol. The summed E-state index contributed by atoms with van der Waals surface area (Å²) in [5.41, 5.74) is 14.4. The molecule has 0 saturated carbocycles. The molecule has 2 amide bonds. The normalized spacial score (nSPS) is 11.4. The van der Waals surface area contributed by atoms with Gasteiger partial charge in [0.25, 0.3) is 0 Å². The second kappa shape index (κ2) is 22.1. The van der Waals surface area contributed by atoms with E-state index in [4.69, 9.17) is 20.9 Å². The lowest BCUT2D eigenvalue weighted by atomic mass is 10.2. The number of rotatable bonds is 11. The quantitative estimate of drug-likeness (QED) is 0.142. The molecule has 3 aromatic rings. The summed E-state index contributed by atoms with van der Waals surface area (Å²) in [4.78, 5) is 22.9. The van der Waals surface area contributed by atoms with Crippen molar-refractivity contribution in [3.63, 3.8) is 0 Å². The molecule has 0 fully saturated rings. The molecule has 0 heterocycles. The van der Waals surface area contributed by atoms with Crippen LogP contribution in [-0.4, -0.2) is 77.0 Å². The molecular weight excluding hydrogens is 760 g/mol. The number of halogens is 1. The van der Waals surface area contributed by atoms with Crippen LogP contribution in [0.2, 0.25) is 0 Å². The molecule has 0 saturated heterocycles. The molecule has 0 atom stereocenters. The van der Waals surface area contributed by atoms with Gasteiger partial charge in [-0.2, -0.15) is 25.4 Å². The van der Waals surface area contributed by atoms with Crippen LogP contribution in [0.15, 0.2) is 72.8 Å². The van der Waals surface area contributed by atoms with Gasteiger partial charge in [-0.05, 0) is 94.6 Å². The Morgan fingerprint density at radius 2 is 0.889 bits per heavy atom. The zero-order valence-electron chi connectivity index (χ0n) is 32.6. The minimum atomic E-state index is -3.52. The van der Waals surface area contributed by atoms with Gasteiger partial charge in [-0.25, -0.2) is 9.59 Å². The van der Waals surface area contributed by atoms with E-state index in [2.05, 4.69) is 20.1 Å². The highest BCUT2D eigenvalue weighted by Crippen LogP contribution is 2.14. The van der Waals surface area contributed by atoms with Crippen molar-refractivity contribution < 1.29 is 35.9 Å². The standard InChI is InChI=1S/C14H23N3O4S.C12H18N2O2.C9H15N3O2S.ClH/c1-14(2,3)21-13(18)15-10-11-6-8-12(9-7-11)16-22(19,20)17(4)5;1-12(2,3)16-11(15)14-8-9-4-6-10(13)7-5-9;1-12(2)15(13,14)11-9-5-3-8(7-10)4-6-9;/h6-9,16H,10H2,1-5H3,(H,15,18);4-7H,8,13H2,1-3H3,(H,14,15);3-6,11H,7,10H2,1-2H3;1H. The third-order valence-electron chi connectivity index (χ3n) is 6.25. The SMILES string of the molecule is CC(C)(C)OC(=O)NCc1ccc(N)cc1.CN(C)S(=O)(=O)Nc1ccc(CN)cc1.CN(C)S(=O)(=O)Nc1ccc(CNC(=O)OC(C)(C)C)cc1.Cl. The van der Waals surface area contributed by atoms with Gasteiger partial charge in [0.15, 0.2) is 0 Å². The van der Waals surface area contributed by atoms with E-state index in [1.807, 2.05) is 32.9 Å². The summed E-state index contributed by atoms with van der Waals surface area (Å²) in [6.07, 6.45) is -0.908. The molecule has 0 aliphatic carbocycles. The number of ether oxygens (including phenoxy) is 2. The molecule has 0 bridgehead atoms. The van der Waals surface area contributed by atoms with E-state index in [-0.39, 0.29) is 12.4 Å². The van der Waals surface area contributed by atoms with E-state index >= 15 is 0 Å². The number of alkyl carbamates (subject to hydrolysis) is 2. The van der Waals surface area contributed by atoms with Crippen LogP contribution < -0.4 is 31.5 Å². The molecule has 0 radical (unpaired) electrons. The molecule has 0 aromatic heterocycles. The number of carbonyl (C=O) groups is 2. The van der Waals surface area contributed by atoms with Gasteiger partial charge in [0, 0.05) is 64.9 Å². The number of amides is 2. The van der Waals surface area contributed by atoms with Crippen LogP contribution in [0.4, 0.5) is 26.7 Å². The lowest BCUT2D eigenvalue weighted by molar-refractivity contribution is 0.0512. The average Bonchev–Trinajstić information content (AvgIpc) is 3.03. The summed E-state index contributed by atoms with van der Waals surface area (Å²) < 4.78 is 63.5. The Kier molecular flexibility index (Phi) is 20.4. The Hall–Kier alpha value is -4.33. The molecule has 0 unspecified atom stereocenters. The van der Waals surface area contributed by atoms with Gasteiger partial charge in [-0.3, -0.25) is 9.44 Å². The molecule has 0 spiro atoms. The fraction of sp³-hybridized carbons (Fsp3) is 0.429. The van der Waals surface area contributed by atoms with Gasteiger partial charge in [0.2, 0.25) is 0 Å². The van der Waals surface area contributed by atoms with Gasteiger partial charge < -0.3 is 31.6 Å². The van der Waals surface area contributed by atoms with Crippen molar-refractivity contribution in [3.05, 3.63) is 89.5 Å². The van der Waals surface area contributed by atoms with Crippen molar-refractivity contribution >= 4 is 62.1 Å². The lowest BCUT2D eigenvalue weighted by Gasteiger charge is -2.19. The number of nitrogen functional groups attached to an aromatic ring is 1. The molecule has 3 rings (SSSR count). The fourth-order valence-electron chi connectivity index (χ4n) is 3.49. The van der Waals surface area contributed by atoms with Gasteiger partial charge in [0.1, 0.15) is 11.2 Å². The molecule has 304 valence electrons. The van der Waals surface area contributed by atoms with Crippen molar-refractivity contribution in [1.29, 1.82) is 0 Å². The summed E-state index contributed by atoms with van der Waals surface area (Å²) in [6, 6.07) is 21.0. The maximum absolute atomic E-state index is 11.7. The largest absolute Gasteiger partial charge is 0.444 e. The zero-order chi connectivity index (χ0) is 40.6. The highest BCUT2D eigenvalue weighted by Gasteiger charge is 2.17. The molecule has 0 aliphatic rings. The van der Waals surface area contributed by atoms with Crippen molar-refractivity contribution in [2.75, 3.05) is 43.4 Å². The van der Waals surface area contributed by atoms with E-state index < -0.39 is 43.8 Å². The molecule has 3 aromatic carbocycles. The second-order valence-electron chi connectivity index (χ2n) is 13.8. The summed E-state index contributed by atoms with van der Waals surface area (Å²) >= 11 is 0. The molecule has 8 N–H and O–H groups in total. The summed E-state index contributed by atoms with van der Waals surface area (Å²) in [6.45, 7) is 12.0. The number of nitrogens with zero attached hydrogens (tertiary/aromatic N) is 2. The smallest absolute Gasteiger partial charge is 0.407 e. The van der Waals surface area contributed by atoms with Crippen LogP contribution >= 0.6 is 12.4 Å². The van der Waals surface area contributed by atoms with Gasteiger partial charge in [-0.15, -0.1) is 12.4 Å². The lowest BCUT2D eigenvalue weighted by Crippen LogP contribution is -2.32. The van der Waals surface area contributed by atoms with Crippen molar-refractivity contribution in [1.82, 2.24) is 19.2 Å². The van der Waals surface area contributed by atoms with E-state index in [0.29, 0.717) is 36.7 Å². The van der Waals surface area contributed by atoms with E-state index in [9.17, 15) is 26.4 Å². The van der Waals surface area contributed by atoms with E-state index in [1.165, 1.54) is 28.2 Å². The summed E-state index contributed by atoms with van der Waals surface area (Å²) in [5.74, 6) is 0. The molecule has 54 heavy (non-hydrogen) atoms. The highest BCUT2D eigenvalue weighted by atomic mass is 35.5. The minimum Gasteiger partial charge on any atom is -0.444 e. The third kappa shape index (κ3) is 21.4. The summed E-state index contributed by atoms with van der Waals surface area (Å²) in [5, 5.41) is 5.31. The van der Waals surface area contributed by atoms with Gasteiger partial charge in [0.05, 0.1) is 0 Å². The van der Waals surface area contributed by atoms with Crippen molar-refractivity contribution in [2.24, 2.45) is 5.73 Å². The van der Waals surface area contributed by atoms with Crippen LogP contribution in [-0.2, 0) is 49.5 Å². The maximum atomic E-state index is 11.7.